The van der Waals surface area contributed by atoms with Gasteiger partial charge in [0.25, 0.3) is 5.91 Å². The summed E-state index contributed by atoms with van der Waals surface area (Å²) in [5.74, 6) is 0.374. The highest BCUT2D eigenvalue weighted by molar-refractivity contribution is 7.89. The van der Waals surface area contributed by atoms with Crippen LogP contribution < -0.4 is 10.1 Å². The fourth-order valence-electron chi connectivity index (χ4n) is 3.89. The summed E-state index contributed by atoms with van der Waals surface area (Å²) in [6.07, 6.45) is 10.9. The van der Waals surface area contributed by atoms with Crippen LogP contribution in [0, 0.1) is 6.92 Å². The Morgan fingerprint density at radius 2 is 1.93 bits per heavy atom. The minimum Gasteiger partial charge on any atom is -0.484 e. The first-order valence-corrected chi connectivity index (χ1v) is 12.1. The number of hydrogen-bond donors (Lipinski definition) is 1. The Labute approximate surface area is 174 Å². The molecule has 1 aromatic rings. The molecule has 0 unspecified atom stereocenters. The first-order chi connectivity index (χ1) is 14.0. The van der Waals surface area contributed by atoms with Gasteiger partial charge in [-0.2, -0.15) is 4.31 Å². The predicted molar refractivity (Wildman–Crippen MR) is 113 cm³/mol. The maximum atomic E-state index is 12.8. The highest BCUT2D eigenvalue weighted by atomic mass is 32.2. The molecule has 1 saturated heterocycles. The van der Waals surface area contributed by atoms with Gasteiger partial charge in [0.2, 0.25) is 10.0 Å². The number of amides is 1. The third-order valence-electron chi connectivity index (χ3n) is 5.61. The number of carbonyl (C=O) groups is 1. The molecular weight excluding hydrogens is 388 g/mol. The molecule has 1 N–H and O–H groups in total. The van der Waals surface area contributed by atoms with Crippen LogP contribution in [0.5, 0.6) is 5.75 Å². The SMILES string of the molecule is Cc1cc(S(=O)(=O)N2CCCCC2)ccc1OCC(=O)NCCC1=CCCCC1. The molecule has 1 heterocycles. The van der Waals surface area contributed by atoms with Gasteiger partial charge in [-0.15, -0.1) is 0 Å². The quantitative estimate of drug-likeness (QED) is 0.653. The number of hydrogen-bond acceptors (Lipinski definition) is 4. The summed E-state index contributed by atoms with van der Waals surface area (Å²) in [5, 5.41) is 2.89. The van der Waals surface area contributed by atoms with Crippen molar-refractivity contribution in [3.63, 3.8) is 0 Å². The van der Waals surface area contributed by atoms with Gasteiger partial charge >= 0.3 is 0 Å². The summed E-state index contributed by atoms with van der Waals surface area (Å²) in [6.45, 7) is 3.52. The molecule has 29 heavy (non-hydrogen) atoms. The number of ether oxygens (including phenoxy) is 1. The molecule has 0 saturated carbocycles. The van der Waals surface area contributed by atoms with E-state index in [0.29, 0.717) is 30.9 Å². The third-order valence-corrected chi connectivity index (χ3v) is 7.51. The normalized spacial score (nSPS) is 18.2. The second-order valence-electron chi connectivity index (χ2n) is 7.89. The number of aryl methyl sites for hydroxylation is 1. The Hall–Kier alpha value is -1.86. The van der Waals surface area contributed by atoms with Crippen LogP contribution in [0.3, 0.4) is 0 Å². The van der Waals surface area contributed by atoms with Gasteiger partial charge in [0, 0.05) is 19.6 Å². The molecule has 0 aromatic heterocycles. The minimum absolute atomic E-state index is 0.0713. The van der Waals surface area contributed by atoms with Gasteiger partial charge in [0.15, 0.2) is 6.61 Å². The molecule has 6 nitrogen and oxygen atoms in total. The molecule has 1 fully saturated rings. The van der Waals surface area contributed by atoms with Crippen LogP contribution in [0.15, 0.2) is 34.7 Å². The lowest BCUT2D eigenvalue weighted by atomic mass is 9.97. The van der Waals surface area contributed by atoms with Crippen molar-refractivity contribution in [2.75, 3.05) is 26.2 Å². The number of allylic oxidation sites excluding steroid dienone is 1. The van der Waals surface area contributed by atoms with E-state index in [4.69, 9.17) is 4.74 Å². The number of sulfonamides is 1. The Balaban J connectivity index is 1.49. The smallest absolute Gasteiger partial charge is 0.257 e. The van der Waals surface area contributed by atoms with E-state index >= 15 is 0 Å². The zero-order valence-electron chi connectivity index (χ0n) is 17.3. The maximum Gasteiger partial charge on any atom is 0.257 e. The van der Waals surface area contributed by atoms with Crippen LogP contribution in [0.1, 0.15) is 56.9 Å². The molecule has 0 radical (unpaired) electrons. The van der Waals surface area contributed by atoms with Crippen molar-refractivity contribution >= 4 is 15.9 Å². The second kappa shape index (κ2) is 10.3. The van der Waals surface area contributed by atoms with Crippen LogP contribution in [-0.2, 0) is 14.8 Å². The molecule has 7 heteroatoms. The average molecular weight is 421 g/mol. The second-order valence-corrected chi connectivity index (χ2v) is 9.83. The van der Waals surface area contributed by atoms with Crippen LogP contribution in [0.25, 0.3) is 0 Å². The van der Waals surface area contributed by atoms with Crippen LogP contribution >= 0.6 is 0 Å². The first kappa shape index (κ1) is 21.8. The molecule has 3 rings (SSSR count). The minimum atomic E-state index is -3.46. The topological polar surface area (TPSA) is 75.7 Å². The lowest BCUT2D eigenvalue weighted by Gasteiger charge is -2.26. The largest absolute Gasteiger partial charge is 0.484 e. The summed E-state index contributed by atoms with van der Waals surface area (Å²) in [7, 11) is -3.46. The van der Waals surface area contributed by atoms with Gasteiger partial charge in [-0.05, 0) is 75.6 Å². The van der Waals surface area contributed by atoms with E-state index in [2.05, 4.69) is 11.4 Å². The van der Waals surface area contributed by atoms with Gasteiger partial charge in [0.1, 0.15) is 5.75 Å². The fourth-order valence-corrected chi connectivity index (χ4v) is 5.49. The zero-order valence-corrected chi connectivity index (χ0v) is 18.1. The van der Waals surface area contributed by atoms with E-state index in [0.717, 1.165) is 38.5 Å². The summed E-state index contributed by atoms with van der Waals surface area (Å²) in [6, 6.07) is 4.85. The monoisotopic (exact) mass is 420 g/mol. The van der Waals surface area contributed by atoms with Gasteiger partial charge in [0.05, 0.1) is 4.90 Å². The standard InChI is InChI=1S/C22H32N2O4S/c1-18-16-20(29(26,27)24-14-6-3-7-15-24)10-11-21(18)28-17-22(25)23-13-12-19-8-4-2-5-9-19/h8,10-11,16H,2-7,9,12-15,17H2,1H3,(H,23,25). The van der Waals surface area contributed by atoms with Crippen molar-refractivity contribution in [1.29, 1.82) is 0 Å². The van der Waals surface area contributed by atoms with E-state index in [1.807, 2.05) is 0 Å². The summed E-state index contributed by atoms with van der Waals surface area (Å²) >= 11 is 0. The molecule has 2 aliphatic rings. The molecule has 0 atom stereocenters. The van der Waals surface area contributed by atoms with Crippen LogP contribution in [-0.4, -0.2) is 44.9 Å². The number of nitrogens with one attached hydrogen (secondary N) is 1. The Bertz CT molecular complexity index is 842. The van der Waals surface area contributed by atoms with Crippen molar-refractivity contribution in [2.24, 2.45) is 0 Å². The molecule has 1 aromatic carbocycles. The van der Waals surface area contributed by atoms with Gasteiger partial charge in [-0.3, -0.25) is 4.79 Å². The van der Waals surface area contributed by atoms with Crippen molar-refractivity contribution in [2.45, 2.75) is 63.2 Å². The predicted octanol–water partition coefficient (Wildman–Crippen LogP) is 3.56. The Morgan fingerprint density at radius 3 is 2.62 bits per heavy atom. The summed E-state index contributed by atoms with van der Waals surface area (Å²) in [5.41, 5.74) is 2.14. The lowest BCUT2D eigenvalue weighted by molar-refractivity contribution is -0.123. The van der Waals surface area contributed by atoms with Gasteiger partial charge in [-0.1, -0.05) is 18.1 Å². The van der Waals surface area contributed by atoms with E-state index in [9.17, 15) is 13.2 Å². The Kier molecular flexibility index (Phi) is 7.72. The number of nitrogens with zero attached hydrogens (tertiary/aromatic N) is 1. The number of piperidine rings is 1. The molecular formula is C22H32N2O4S. The number of rotatable bonds is 8. The van der Waals surface area contributed by atoms with E-state index in [1.54, 1.807) is 29.4 Å². The van der Waals surface area contributed by atoms with Crippen molar-refractivity contribution in [3.8, 4) is 5.75 Å². The molecule has 1 amide bonds. The number of carbonyl (C=O) groups excluding carboxylic acids is 1. The summed E-state index contributed by atoms with van der Waals surface area (Å²) in [4.78, 5) is 12.3. The molecule has 160 valence electrons. The van der Waals surface area contributed by atoms with Gasteiger partial charge in [-0.25, -0.2) is 8.42 Å². The summed E-state index contributed by atoms with van der Waals surface area (Å²) < 4.78 is 32.7. The van der Waals surface area contributed by atoms with E-state index in [-0.39, 0.29) is 17.4 Å². The molecule has 1 aliphatic heterocycles. The van der Waals surface area contributed by atoms with Crippen LogP contribution in [0.2, 0.25) is 0 Å². The van der Waals surface area contributed by atoms with E-state index in [1.165, 1.54) is 18.4 Å². The highest BCUT2D eigenvalue weighted by Crippen LogP contribution is 2.26. The van der Waals surface area contributed by atoms with Gasteiger partial charge < -0.3 is 10.1 Å². The highest BCUT2D eigenvalue weighted by Gasteiger charge is 2.26. The first-order valence-electron chi connectivity index (χ1n) is 10.6. The van der Waals surface area contributed by atoms with Crippen molar-refractivity contribution < 1.29 is 17.9 Å². The van der Waals surface area contributed by atoms with Crippen molar-refractivity contribution in [1.82, 2.24) is 9.62 Å². The number of benzene rings is 1. The molecule has 0 spiro atoms. The molecule has 0 bridgehead atoms. The lowest BCUT2D eigenvalue weighted by Crippen LogP contribution is -2.35. The van der Waals surface area contributed by atoms with Crippen LogP contribution in [0.4, 0.5) is 0 Å². The van der Waals surface area contributed by atoms with Crippen molar-refractivity contribution in [3.05, 3.63) is 35.4 Å². The third kappa shape index (κ3) is 6.06. The Morgan fingerprint density at radius 1 is 1.14 bits per heavy atom. The fraction of sp³-hybridized carbons (Fsp3) is 0.591. The molecule has 1 aliphatic carbocycles. The maximum absolute atomic E-state index is 12.8. The average Bonchev–Trinajstić information content (AvgIpc) is 2.74. The zero-order chi connectivity index (χ0) is 20.7. The van der Waals surface area contributed by atoms with E-state index < -0.39 is 10.0 Å².